The Morgan fingerprint density at radius 2 is 1.88 bits per heavy atom. The summed E-state index contributed by atoms with van der Waals surface area (Å²) < 4.78 is 38.6. The fraction of sp³-hybridized carbons (Fsp3) is 0.118. The van der Waals surface area contributed by atoms with Crippen molar-refractivity contribution in [3.05, 3.63) is 69.9 Å². The van der Waals surface area contributed by atoms with Crippen molar-refractivity contribution in [2.75, 3.05) is 5.32 Å². The number of fused-ring (bicyclic) bond motifs is 1. The highest BCUT2D eigenvalue weighted by Crippen LogP contribution is 2.34. The number of aryl methyl sites for hydroxylation is 1. The van der Waals surface area contributed by atoms with Crippen LogP contribution < -0.4 is 5.32 Å². The number of rotatable bonds is 3. The average molecular weight is 347 g/mol. The molecule has 1 aromatic heterocycles. The molecule has 1 N–H and O–H groups in total. The predicted octanol–water partition coefficient (Wildman–Crippen LogP) is 5.21. The maximum Gasteiger partial charge on any atom is 0.416 e. The zero-order valence-corrected chi connectivity index (χ0v) is 13.0. The highest BCUT2D eigenvalue weighted by atomic mass is 19.4. The highest BCUT2D eigenvalue weighted by molar-refractivity contribution is 5.93. The quantitative estimate of drug-likeness (QED) is 0.521. The van der Waals surface area contributed by atoms with Gasteiger partial charge in [0.25, 0.3) is 5.69 Å². The lowest BCUT2D eigenvalue weighted by molar-refractivity contribution is -0.384. The SMILES string of the molecule is Cc1cc(Nc2cccc([N+](=O)[O-])c2)c2ccc(C(F)(F)F)cc2n1. The highest BCUT2D eigenvalue weighted by Gasteiger charge is 2.30. The molecule has 25 heavy (non-hydrogen) atoms. The third-order valence-corrected chi connectivity index (χ3v) is 3.60. The van der Waals surface area contributed by atoms with Gasteiger partial charge >= 0.3 is 6.18 Å². The number of anilines is 2. The third-order valence-electron chi connectivity index (χ3n) is 3.60. The molecule has 0 bridgehead atoms. The number of aromatic nitrogens is 1. The molecule has 0 saturated carbocycles. The molecule has 0 fully saturated rings. The number of benzene rings is 2. The fourth-order valence-corrected chi connectivity index (χ4v) is 2.49. The summed E-state index contributed by atoms with van der Waals surface area (Å²) >= 11 is 0. The Morgan fingerprint density at radius 1 is 1.12 bits per heavy atom. The Labute approximate surface area is 140 Å². The molecule has 1 heterocycles. The number of pyridine rings is 1. The van der Waals surface area contributed by atoms with E-state index >= 15 is 0 Å². The number of nitrogens with one attached hydrogen (secondary N) is 1. The summed E-state index contributed by atoms with van der Waals surface area (Å²) in [4.78, 5) is 14.5. The minimum absolute atomic E-state index is 0.0839. The third kappa shape index (κ3) is 3.52. The van der Waals surface area contributed by atoms with Gasteiger partial charge in [-0.1, -0.05) is 12.1 Å². The van der Waals surface area contributed by atoms with Gasteiger partial charge in [-0.15, -0.1) is 0 Å². The molecule has 2 aromatic carbocycles. The molecule has 0 aliphatic heterocycles. The summed E-state index contributed by atoms with van der Waals surface area (Å²) in [6, 6.07) is 10.9. The van der Waals surface area contributed by atoms with E-state index in [-0.39, 0.29) is 11.2 Å². The van der Waals surface area contributed by atoms with Gasteiger partial charge in [-0.25, -0.2) is 0 Å². The van der Waals surface area contributed by atoms with Gasteiger partial charge in [-0.05, 0) is 31.2 Å². The summed E-state index contributed by atoms with van der Waals surface area (Å²) in [5, 5.41) is 14.4. The van der Waals surface area contributed by atoms with Crippen molar-refractivity contribution in [3.8, 4) is 0 Å². The number of hydrogen-bond donors (Lipinski definition) is 1. The lowest BCUT2D eigenvalue weighted by Gasteiger charge is -2.13. The Morgan fingerprint density at radius 3 is 2.56 bits per heavy atom. The van der Waals surface area contributed by atoms with E-state index in [2.05, 4.69) is 10.3 Å². The first kappa shape index (κ1) is 16.7. The summed E-state index contributed by atoms with van der Waals surface area (Å²) in [5.41, 5.74) is 0.846. The van der Waals surface area contributed by atoms with Crippen LogP contribution in [0.25, 0.3) is 10.9 Å². The molecule has 0 unspecified atom stereocenters. The molecular formula is C17H12F3N3O2. The van der Waals surface area contributed by atoms with E-state index in [9.17, 15) is 23.3 Å². The first-order chi connectivity index (χ1) is 11.7. The normalized spacial score (nSPS) is 11.5. The van der Waals surface area contributed by atoms with Crippen LogP contribution in [0.1, 0.15) is 11.3 Å². The molecule has 0 aliphatic carbocycles. The minimum Gasteiger partial charge on any atom is -0.355 e. The molecule has 0 amide bonds. The number of non-ortho nitro benzene ring substituents is 1. The van der Waals surface area contributed by atoms with E-state index in [0.717, 1.165) is 12.1 Å². The molecule has 5 nitrogen and oxygen atoms in total. The summed E-state index contributed by atoms with van der Waals surface area (Å²) in [6.07, 6.45) is -4.45. The van der Waals surface area contributed by atoms with E-state index in [0.29, 0.717) is 22.5 Å². The van der Waals surface area contributed by atoms with E-state index in [1.807, 2.05) is 0 Å². The molecule has 3 aromatic rings. The van der Waals surface area contributed by atoms with Crippen LogP contribution in [-0.4, -0.2) is 9.91 Å². The second-order valence-electron chi connectivity index (χ2n) is 5.47. The Kier molecular flexibility index (Phi) is 4.03. The van der Waals surface area contributed by atoms with Crippen LogP contribution in [0.4, 0.5) is 30.2 Å². The number of halogens is 3. The van der Waals surface area contributed by atoms with Crippen LogP contribution in [0.15, 0.2) is 48.5 Å². The van der Waals surface area contributed by atoms with Gasteiger partial charge in [0.15, 0.2) is 0 Å². The van der Waals surface area contributed by atoms with Crippen LogP contribution >= 0.6 is 0 Å². The molecule has 0 spiro atoms. The monoisotopic (exact) mass is 347 g/mol. The number of nitro benzene ring substituents is 1. The van der Waals surface area contributed by atoms with Crippen LogP contribution in [0.5, 0.6) is 0 Å². The van der Waals surface area contributed by atoms with E-state index in [1.54, 1.807) is 19.1 Å². The molecule has 0 saturated heterocycles. The molecule has 128 valence electrons. The van der Waals surface area contributed by atoms with Gasteiger partial charge in [0.1, 0.15) is 0 Å². The smallest absolute Gasteiger partial charge is 0.355 e. The van der Waals surface area contributed by atoms with E-state index < -0.39 is 16.7 Å². The standard InChI is InChI=1S/C17H12F3N3O2/c1-10-7-15(22-12-3-2-4-13(9-12)23(24)25)14-6-5-11(17(18,19)20)8-16(14)21-10/h2-9H,1H3,(H,21,22). The van der Waals surface area contributed by atoms with Crippen LogP contribution in [-0.2, 0) is 6.18 Å². The Bertz CT molecular complexity index is 971. The summed E-state index contributed by atoms with van der Waals surface area (Å²) in [7, 11) is 0. The zero-order chi connectivity index (χ0) is 18.2. The maximum atomic E-state index is 12.9. The molecule has 8 heteroatoms. The number of alkyl halides is 3. The van der Waals surface area contributed by atoms with Gasteiger partial charge in [-0.3, -0.25) is 15.1 Å². The van der Waals surface area contributed by atoms with Gasteiger partial charge in [0.05, 0.1) is 16.0 Å². The maximum absolute atomic E-state index is 12.9. The van der Waals surface area contributed by atoms with Crippen molar-refractivity contribution < 1.29 is 18.1 Å². The lowest BCUT2D eigenvalue weighted by atomic mass is 10.1. The van der Waals surface area contributed by atoms with Crippen molar-refractivity contribution in [2.24, 2.45) is 0 Å². The zero-order valence-electron chi connectivity index (χ0n) is 13.0. The van der Waals surface area contributed by atoms with Gasteiger partial charge in [0, 0.05) is 34.6 Å². The Hall–Kier alpha value is -3.16. The van der Waals surface area contributed by atoms with Gasteiger partial charge in [0.2, 0.25) is 0 Å². The topological polar surface area (TPSA) is 68.1 Å². The first-order valence-electron chi connectivity index (χ1n) is 7.24. The largest absolute Gasteiger partial charge is 0.416 e. The van der Waals surface area contributed by atoms with Crippen molar-refractivity contribution in [1.82, 2.24) is 4.98 Å². The summed E-state index contributed by atoms with van der Waals surface area (Å²) in [5.74, 6) is 0. The van der Waals surface area contributed by atoms with Crippen molar-refractivity contribution in [2.45, 2.75) is 13.1 Å². The first-order valence-corrected chi connectivity index (χ1v) is 7.24. The average Bonchev–Trinajstić information content (AvgIpc) is 2.53. The molecular weight excluding hydrogens is 335 g/mol. The van der Waals surface area contributed by atoms with E-state index in [4.69, 9.17) is 0 Å². The van der Waals surface area contributed by atoms with Crippen molar-refractivity contribution >= 4 is 28.0 Å². The molecule has 3 rings (SSSR count). The second kappa shape index (κ2) is 6.04. The van der Waals surface area contributed by atoms with Crippen LogP contribution in [0, 0.1) is 17.0 Å². The molecule has 0 atom stereocenters. The molecule has 0 radical (unpaired) electrons. The van der Waals surface area contributed by atoms with Crippen molar-refractivity contribution in [3.63, 3.8) is 0 Å². The van der Waals surface area contributed by atoms with Crippen LogP contribution in [0.2, 0.25) is 0 Å². The van der Waals surface area contributed by atoms with Gasteiger partial charge in [-0.2, -0.15) is 13.2 Å². The van der Waals surface area contributed by atoms with Crippen molar-refractivity contribution in [1.29, 1.82) is 0 Å². The minimum atomic E-state index is -4.45. The lowest BCUT2D eigenvalue weighted by Crippen LogP contribution is -2.05. The number of nitro groups is 1. The van der Waals surface area contributed by atoms with Crippen LogP contribution in [0.3, 0.4) is 0 Å². The number of hydrogen-bond acceptors (Lipinski definition) is 4. The predicted molar refractivity (Wildman–Crippen MR) is 87.9 cm³/mol. The Balaban J connectivity index is 2.07. The summed E-state index contributed by atoms with van der Waals surface area (Å²) in [6.45, 7) is 1.67. The van der Waals surface area contributed by atoms with Gasteiger partial charge < -0.3 is 5.32 Å². The van der Waals surface area contributed by atoms with E-state index in [1.165, 1.54) is 24.3 Å². The number of nitrogens with zero attached hydrogens (tertiary/aromatic N) is 2. The molecule has 0 aliphatic rings. The fourth-order valence-electron chi connectivity index (χ4n) is 2.49. The second-order valence-corrected chi connectivity index (χ2v) is 5.47.